The third-order valence-corrected chi connectivity index (χ3v) is 2.88. The van der Waals surface area contributed by atoms with Gasteiger partial charge in [0, 0.05) is 5.56 Å². The maximum Gasteiger partial charge on any atom is 0.346 e. The first-order valence-corrected chi connectivity index (χ1v) is 6.48. The van der Waals surface area contributed by atoms with Crippen molar-refractivity contribution in [1.82, 2.24) is 0 Å². The van der Waals surface area contributed by atoms with Crippen LogP contribution in [0.2, 0.25) is 0 Å². The van der Waals surface area contributed by atoms with Crippen molar-refractivity contribution < 1.29 is 23.8 Å². The quantitative estimate of drug-likeness (QED) is 0.592. The SMILES string of the molecule is CCOc1cc(C=O)cc(Br)c1OC(C)C(=O)OC. The molecule has 0 radical (unpaired) electrons. The van der Waals surface area contributed by atoms with Gasteiger partial charge < -0.3 is 14.2 Å². The van der Waals surface area contributed by atoms with E-state index in [-0.39, 0.29) is 0 Å². The minimum atomic E-state index is -0.775. The summed E-state index contributed by atoms with van der Waals surface area (Å²) < 4.78 is 16.1. The Morgan fingerprint density at radius 3 is 2.68 bits per heavy atom. The Labute approximate surface area is 120 Å². The molecule has 0 bridgehead atoms. The van der Waals surface area contributed by atoms with Gasteiger partial charge in [0.15, 0.2) is 17.6 Å². The molecule has 1 unspecified atom stereocenters. The fourth-order valence-electron chi connectivity index (χ4n) is 1.42. The average molecular weight is 331 g/mol. The first kappa shape index (κ1) is 15.5. The van der Waals surface area contributed by atoms with E-state index in [1.807, 2.05) is 6.92 Å². The fourth-order valence-corrected chi connectivity index (χ4v) is 1.98. The molecular weight excluding hydrogens is 316 g/mol. The lowest BCUT2D eigenvalue weighted by Crippen LogP contribution is -2.25. The monoisotopic (exact) mass is 330 g/mol. The Hall–Kier alpha value is -1.56. The van der Waals surface area contributed by atoms with Crippen molar-refractivity contribution in [3.8, 4) is 11.5 Å². The summed E-state index contributed by atoms with van der Waals surface area (Å²) >= 11 is 3.29. The molecule has 0 aliphatic rings. The number of esters is 1. The van der Waals surface area contributed by atoms with E-state index in [9.17, 15) is 9.59 Å². The molecule has 0 fully saturated rings. The van der Waals surface area contributed by atoms with Gasteiger partial charge >= 0.3 is 5.97 Å². The van der Waals surface area contributed by atoms with Crippen LogP contribution in [0.3, 0.4) is 0 Å². The number of benzene rings is 1. The molecule has 0 aliphatic carbocycles. The minimum Gasteiger partial charge on any atom is -0.490 e. The van der Waals surface area contributed by atoms with Crippen LogP contribution in [-0.2, 0) is 9.53 Å². The molecule has 1 aromatic carbocycles. The van der Waals surface area contributed by atoms with E-state index < -0.39 is 12.1 Å². The molecule has 0 saturated heterocycles. The average Bonchev–Trinajstić information content (AvgIpc) is 2.41. The first-order chi connectivity index (χ1) is 9.03. The molecule has 5 nitrogen and oxygen atoms in total. The van der Waals surface area contributed by atoms with Crippen LogP contribution in [0.1, 0.15) is 24.2 Å². The summed E-state index contributed by atoms with van der Waals surface area (Å²) in [6, 6.07) is 3.15. The third kappa shape index (κ3) is 3.96. The molecule has 0 saturated carbocycles. The molecule has 0 heterocycles. The zero-order chi connectivity index (χ0) is 14.4. The van der Waals surface area contributed by atoms with Crippen LogP contribution < -0.4 is 9.47 Å². The Kier molecular flexibility index (Phi) is 5.82. The van der Waals surface area contributed by atoms with E-state index >= 15 is 0 Å². The number of hydrogen-bond donors (Lipinski definition) is 0. The molecular formula is C13H15BrO5. The minimum absolute atomic E-state index is 0.366. The zero-order valence-corrected chi connectivity index (χ0v) is 12.5. The van der Waals surface area contributed by atoms with Gasteiger partial charge in [-0.1, -0.05) is 0 Å². The van der Waals surface area contributed by atoms with Crippen LogP contribution in [0.5, 0.6) is 11.5 Å². The lowest BCUT2D eigenvalue weighted by atomic mass is 10.2. The van der Waals surface area contributed by atoms with Crippen molar-refractivity contribution in [1.29, 1.82) is 0 Å². The number of hydrogen-bond acceptors (Lipinski definition) is 5. The van der Waals surface area contributed by atoms with E-state index in [1.165, 1.54) is 7.11 Å². The number of carbonyl (C=O) groups is 2. The lowest BCUT2D eigenvalue weighted by molar-refractivity contribution is -0.147. The van der Waals surface area contributed by atoms with Crippen LogP contribution in [0, 0.1) is 0 Å². The molecule has 104 valence electrons. The van der Waals surface area contributed by atoms with Crippen molar-refractivity contribution in [3.63, 3.8) is 0 Å². The van der Waals surface area contributed by atoms with Gasteiger partial charge in [0.1, 0.15) is 6.29 Å². The summed E-state index contributed by atoms with van der Waals surface area (Å²) in [6.07, 6.45) is -0.0663. The molecule has 19 heavy (non-hydrogen) atoms. The van der Waals surface area contributed by atoms with Gasteiger partial charge in [0.2, 0.25) is 0 Å². The van der Waals surface area contributed by atoms with Gasteiger partial charge in [-0.3, -0.25) is 4.79 Å². The number of ether oxygens (including phenoxy) is 3. The van der Waals surface area contributed by atoms with Crippen LogP contribution in [0.15, 0.2) is 16.6 Å². The highest BCUT2D eigenvalue weighted by Crippen LogP contribution is 2.37. The largest absolute Gasteiger partial charge is 0.490 e. The molecule has 0 amide bonds. The van der Waals surface area contributed by atoms with Crippen LogP contribution >= 0.6 is 15.9 Å². The molecule has 1 rings (SSSR count). The maximum absolute atomic E-state index is 11.4. The van der Waals surface area contributed by atoms with Crippen molar-refractivity contribution in [3.05, 3.63) is 22.2 Å². The molecule has 0 N–H and O–H groups in total. The Morgan fingerprint density at radius 1 is 1.47 bits per heavy atom. The molecule has 6 heteroatoms. The van der Waals surface area contributed by atoms with Gasteiger partial charge in [0.25, 0.3) is 0 Å². The zero-order valence-electron chi connectivity index (χ0n) is 10.9. The van der Waals surface area contributed by atoms with E-state index in [1.54, 1.807) is 19.1 Å². The van der Waals surface area contributed by atoms with Crippen LogP contribution in [0.4, 0.5) is 0 Å². The Morgan fingerprint density at radius 2 is 2.16 bits per heavy atom. The topological polar surface area (TPSA) is 61.8 Å². The second-order valence-corrected chi connectivity index (χ2v) is 4.52. The maximum atomic E-state index is 11.4. The van der Waals surface area contributed by atoms with Gasteiger partial charge in [0.05, 0.1) is 18.2 Å². The predicted molar refractivity (Wildman–Crippen MR) is 72.8 cm³/mol. The Balaban J connectivity index is 3.10. The van der Waals surface area contributed by atoms with Gasteiger partial charge in [-0.05, 0) is 41.9 Å². The second-order valence-electron chi connectivity index (χ2n) is 3.66. The molecule has 0 aliphatic heterocycles. The van der Waals surface area contributed by atoms with Crippen molar-refractivity contribution in [2.75, 3.05) is 13.7 Å². The molecule has 0 spiro atoms. The lowest BCUT2D eigenvalue weighted by Gasteiger charge is -2.17. The second kappa shape index (κ2) is 7.13. The third-order valence-electron chi connectivity index (χ3n) is 2.30. The molecule has 0 aromatic heterocycles. The van der Waals surface area contributed by atoms with Gasteiger partial charge in [-0.25, -0.2) is 4.79 Å². The van der Waals surface area contributed by atoms with Gasteiger partial charge in [-0.15, -0.1) is 0 Å². The van der Waals surface area contributed by atoms with E-state index in [4.69, 9.17) is 9.47 Å². The summed E-state index contributed by atoms with van der Waals surface area (Å²) in [5, 5.41) is 0. The number of aldehydes is 1. The Bertz CT molecular complexity index is 472. The number of methoxy groups -OCH3 is 1. The standard InChI is InChI=1S/C13H15BrO5/c1-4-18-11-6-9(7-15)5-10(14)12(11)19-8(2)13(16)17-3/h5-8H,4H2,1-3H3. The number of rotatable bonds is 6. The van der Waals surface area contributed by atoms with Crippen molar-refractivity contribution in [2.45, 2.75) is 20.0 Å². The highest BCUT2D eigenvalue weighted by atomic mass is 79.9. The highest BCUT2D eigenvalue weighted by molar-refractivity contribution is 9.10. The number of halogens is 1. The highest BCUT2D eigenvalue weighted by Gasteiger charge is 2.20. The summed E-state index contributed by atoms with van der Waals surface area (Å²) in [5.74, 6) is 0.272. The summed E-state index contributed by atoms with van der Waals surface area (Å²) in [4.78, 5) is 22.2. The smallest absolute Gasteiger partial charge is 0.346 e. The van der Waals surface area contributed by atoms with Crippen LogP contribution in [-0.4, -0.2) is 32.1 Å². The normalized spacial score (nSPS) is 11.6. The van der Waals surface area contributed by atoms with Crippen LogP contribution in [0.25, 0.3) is 0 Å². The summed E-state index contributed by atoms with van der Waals surface area (Å²) in [5.41, 5.74) is 0.452. The van der Waals surface area contributed by atoms with Crippen molar-refractivity contribution >= 4 is 28.2 Å². The van der Waals surface area contributed by atoms with E-state index in [0.29, 0.717) is 34.4 Å². The van der Waals surface area contributed by atoms with Crippen molar-refractivity contribution in [2.24, 2.45) is 0 Å². The fraction of sp³-hybridized carbons (Fsp3) is 0.385. The van der Waals surface area contributed by atoms with E-state index in [0.717, 1.165) is 0 Å². The molecule has 1 aromatic rings. The molecule has 1 atom stereocenters. The number of carbonyl (C=O) groups excluding carboxylic acids is 2. The first-order valence-electron chi connectivity index (χ1n) is 5.69. The summed E-state index contributed by atoms with van der Waals surface area (Å²) in [7, 11) is 1.29. The predicted octanol–water partition coefficient (Wildman–Crippen LogP) is 2.60. The van der Waals surface area contributed by atoms with Gasteiger partial charge in [-0.2, -0.15) is 0 Å². The van der Waals surface area contributed by atoms with E-state index in [2.05, 4.69) is 20.7 Å². The summed E-state index contributed by atoms with van der Waals surface area (Å²) in [6.45, 7) is 3.80.